The van der Waals surface area contributed by atoms with Crippen molar-refractivity contribution in [2.45, 2.75) is 38.3 Å². The molecule has 3 aromatic rings. The molecule has 3 aliphatic carbocycles. The fraction of sp³-hybridized carbons (Fsp3) is 0.333. The van der Waals surface area contributed by atoms with E-state index >= 15 is 0 Å². The molecule has 6 nitrogen and oxygen atoms in total. The maximum absolute atomic E-state index is 13.7. The Morgan fingerprint density at radius 2 is 1.91 bits per heavy atom. The lowest BCUT2D eigenvalue weighted by molar-refractivity contribution is -0.222. The summed E-state index contributed by atoms with van der Waals surface area (Å²) in [7, 11) is 0. The first-order valence-electron chi connectivity index (χ1n) is 10.6. The van der Waals surface area contributed by atoms with E-state index in [-0.39, 0.29) is 11.3 Å². The van der Waals surface area contributed by atoms with Gasteiger partial charge >= 0.3 is 0 Å². The number of carbonyl (C=O) groups excluding carboxylic acids is 1. The van der Waals surface area contributed by atoms with Crippen LogP contribution in [0.5, 0.6) is 0 Å². The third-order valence-electron chi connectivity index (χ3n) is 7.15. The van der Waals surface area contributed by atoms with E-state index in [0.717, 1.165) is 42.9 Å². The maximum atomic E-state index is 13.7. The number of carbonyl (C=O) groups is 1. The molecule has 2 aromatic heterocycles. The van der Waals surface area contributed by atoms with Crippen LogP contribution in [0.2, 0.25) is 0 Å². The van der Waals surface area contributed by atoms with Gasteiger partial charge in [0, 0.05) is 31.4 Å². The molecule has 3 saturated carbocycles. The average molecular weight is 431 g/mol. The summed E-state index contributed by atoms with van der Waals surface area (Å²) in [6.07, 6.45) is 6.40. The number of hydrogen-bond donors (Lipinski definition) is 0. The van der Waals surface area contributed by atoms with Crippen molar-refractivity contribution in [1.82, 2.24) is 14.6 Å². The van der Waals surface area contributed by atoms with Crippen molar-refractivity contribution in [2.75, 3.05) is 0 Å². The first-order chi connectivity index (χ1) is 15.4. The SMILES string of the molecule is N#Cc1ccc2c(ccn2CC23CC(C(=O)N4N=CCC4c4cc(F)cc(F)c4)(C2)C3)n1. The van der Waals surface area contributed by atoms with Crippen molar-refractivity contribution in [3.8, 4) is 6.07 Å². The third kappa shape index (κ3) is 2.70. The molecule has 1 atom stereocenters. The van der Waals surface area contributed by atoms with E-state index in [2.05, 4.69) is 20.7 Å². The number of hydrazone groups is 1. The van der Waals surface area contributed by atoms with Gasteiger partial charge in [-0.2, -0.15) is 10.4 Å². The molecule has 1 aliphatic heterocycles. The number of aromatic nitrogens is 2. The molecule has 3 fully saturated rings. The lowest BCUT2D eigenvalue weighted by Crippen LogP contribution is -2.68. The molecule has 0 saturated heterocycles. The zero-order chi connectivity index (χ0) is 22.1. The summed E-state index contributed by atoms with van der Waals surface area (Å²) in [6.45, 7) is 0.793. The van der Waals surface area contributed by atoms with Gasteiger partial charge in [-0.1, -0.05) is 0 Å². The number of nitrogens with zero attached hydrogens (tertiary/aromatic N) is 5. The molecule has 160 valence electrons. The Hall–Kier alpha value is -3.60. The molecule has 32 heavy (non-hydrogen) atoms. The Kier molecular flexibility index (Phi) is 3.85. The van der Waals surface area contributed by atoms with Gasteiger partial charge < -0.3 is 4.57 Å². The Balaban J connectivity index is 1.17. The molecule has 0 N–H and O–H groups in total. The molecule has 1 unspecified atom stereocenters. The van der Waals surface area contributed by atoms with Crippen LogP contribution in [0.25, 0.3) is 11.0 Å². The lowest BCUT2D eigenvalue weighted by Gasteiger charge is -2.70. The van der Waals surface area contributed by atoms with Crippen LogP contribution < -0.4 is 0 Å². The van der Waals surface area contributed by atoms with Gasteiger partial charge in [-0.25, -0.2) is 18.8 Å². The molecule has 1 amide bonds. The summed E-state index contributed by atoms with van der Waals surface area (Å²) in [6, 6.07) is 10.5. The number of hydrogen-bond acceptors (Lipinski definition) is 4. The third-order valence-corrected chi connectivity index (χ3v) is 7.15. The van der Waals surface area contributed by atoms with Crippen molar-refractivity contribution < 1.29 is 13.6 Å². The molecule has 4 aliphatic rings. The highest BCUT2D eigenvalue weighted by Crippen LogP contribution is 2.74. The van der Waals surface area contributed by atoms with Gasteiger partial charge in [-0.15, -0.1) is 0 Å². The predicted octanol–water partition coefficient (Wildman–Crippen LogP) is 4.32. The molecular weight excluding hydrogens is 412 g/mol. The minimum atomic E-state index is -0.654. The van der Waals surface area contributed by atoms with E-state index < -0.39 is 23.1 Å². The summed E-state index contributed by atoms with van der Waals surface area (Å²) in [5.74, 6) is -1.36. The summed E-state index contributed by atoms with van der Waals surface area (Å²) < 4.78 is 29.6. The topological polar surface area (TPSA) is 74.3 Å². The summed E-state index contributed by atoms with van der Waals surface area (Å²) in [5, 5.41) is 14.7. The molecule has 0 spiro atoms. The number of pyridine rings is 1. The predicted molar refractivity (Wildman–Crippen MR) is 112 cm³/mol. The largest absolute Gasteiger partial charge is 0.346 e. The zero-order valence-electron chi connectivity index (χ0n) is 17.1. The standard InChI is InChI=1S/C24H19F2N5O/c25-16-7-15(8-17(26)9-16)20-3-5-28-31(20)22(32)24-11-23(12-24,13-24)14-30-6-4-19-21(30)2-1-18(10-27)29-19/h1-2,4-9,20H,3,11-14H2. The van der Waals surface area contributed by atoms with Crippen LogP contribution in [0.15, 0.2) is 47.7 Å². The van der Waals surface area contributed by atoms with Gasteiger partial charge in [0.1, 0.15) is 23.4 Å². The minimum Gasteiger partial charge on any atom is -0.346 e. The Labute approximate surface area is 182 Å². The second kappa shape index (κ2) is 6.45. The van der Waals surface area contributed by atoms with Crippen molar-refractivity contribution in [2.24, 2.45) is 15.9 Å². The monoisotopic (exact) mass is 431 g/mol. The fourth-order valence-electron chi connectivity index (χ4n) is 5.93. The van der Waals surface area contributed by atoms with Gasteiger partial charge in [0.15, 0.2) is 0 Å². The lowest BCUT2D eigenvalue weighted by atomic mass is 9.34. The van der Waals surface area contributed by atoms with Crippen molar-refractivity contribution >= 4 is 23.2 Å². The highest BCUT2D eigenvalue weighted by atomic mass is 19.1. The molecule has 3 heterocycles. The maximum Gasteiger partial charge on any atom is 0.249 e. The molecule has 7 rings (SSSR count). The minimum absolute atomic E-state index is 0.0551. The summed E-state index contributed by atoms with van der Waals surface area (Å²) in [5.41, 5.74) is 2.23. The van der Waals surface area contributed by atoms with Crippen molar-refractivity contribution in [3.05, 3.63) is 65.5 Å². The van der Waals surface area contributed by atoms with Crippen LogP contribution in [0.3, 0.4) is 0 Å². The number of fused-ring (bicyclic) bond motifs is 1. The number of benzene rings is 1. The first kappa shape index (κ1) is 19.1. The van der Waals surface area contributed by atoms with Gasteiger partial charge in [-0.05, 0) is 60.6 Å². The highest BCUT2D eigenvalue weighted by molar-refractivity contribution is 5.88. The van der Waals surface area contributed by atoms with E-state index in [1.54, 1.807) is 12.3 Å². The van der Waals surface area contributed by atoms with Crippen LogP contribution in [-0.4, -0.2) is 26.7 Å². The van der Waals surface area contributed by atoms with Crippen LogP contribution in [0.1, 0.15) is 43.0 Å². The number of halogens is 2. The fourth-order valence-corrected chi connectivity index (χ4v) is 5.93. The van der Waals surface area contributed by atoms with E-state index in [1.807, 2.05) is 18.3 Å². The smallest absolute Gasteiger partial charge is 0.249 e. The number of amides is 1. The van der Waals surface area contributed by atoms with Crippen molar-refractivity contribution in [3.63, 3.8) is 0 Å². The van der Waals surface area contributed by atoms with Crippen LogP contribution >= 0.6 is 0 Å². The van der Waals surface area contributed by atoms with Crippen LogP contribution in [-0.2, 0) is 11.3 Å². The van der Waals surface area contributed by atoms with E-state index in [4.69, 9.17) is 5.26 Å². The zero-order valence-corrected chi connectivity index (χ0v) is 17.1. The molecular formula is C24H19F2N5O. The van der Waals surface area contributed by atoms with E-state index in [9.17, 15) is 13.6 Å². The number of rotatable bonds is 4. The van der Waals surface area contributed by atoms with Gasteiger partial charge in [0.25, 0.3) is 0 Å². The molecule has 1 aromatic carbocycles. The average Bonchev–Trinajstić information content (AvgIpc) is 3.35. The molecule has 2 bridgehead atoms. The van der Waals surface area contributed by atoms with Crippen LogP contribution in [0.4, 0.5) is 8.78 Å². The van der Waals surface area contributed by atoms with Gasteiger partial charge in [0.2, 0.25) is 5.91 Å². The van der Waals surface area contributed by atoms with Gasteiger partial charge in [-0.3, -0.25) is 4.79 Å². The Morgan fingerprint density at radius 3 is 2.62 bits per heavy atom. The van der Waals surface area contributed by atoms with Gasteiger partial charge in [0.05, 0.1) is 22.5 Å². The quantitative estimate of drug-likeness (QED) is 0.618. The second-order valence-electron chi connectivity index (χ2n) is 9.37. The Bertz CT molecular complexity index is 1310. The summed E-state index contributed by atoms with van der Waals surface area (Å²) >= 11 is 0. The first-order valence-corrected chi connectivity index (χ1v) is 10.6. The normalized spacial score (nSPS) is 27.8. The van der Waals surface area contributed by atoms with E-state index in [1.165, 1.54) is 17.1 Å². The van der Waals surface area contributed by atoms with Crippen molar-refractivity contribution in [1.29, 1.82) is 5.26 Å². The summed E-state index contributed by atoms with van der Waals surface area (Å²) in [4.78, 5) is 17.7. The second-order valence-corrected chi connectivity index (χ2v) is 9.37. The van der Waals surface area contributed by atoms with Crippen LogP contribution in [0, 0.1) is 33.8 Å². The molecule has 0 radical (unpaired) electrons. The van der Waals surface area contributed by atoms with E-state index in [0.29, 0.717) is 17.7 Å². The highest BCUT2D eigenvalue weighted by Gasteiger charge is 2.72. The number of nitriles is 1. The molecule has 8 heteroatoms. The Morgan fingerprint density at radius 1 is 1.16 bits per heavy atom.